The monoisotopic (exact) mass is 390 g/mol. The third kappa shape index (κ3) is 4.20. The molecule has 0 saturated carbocycles. The summed E-state index contributed by atoms with van der Waals surface area (Å²) in [5.41, 5.74) is 2.00. The Kier molecular flexibility index (Phi) is 5.62. The highest BCUT2D eigenvalue weighted by Gasteiger charge is 2.27. The average Bonchev–Trinajstić information content (AvgIpc) is 2.65. The molecule has 144 valence electrons. The van der Waals surface area contributed by atoms with Gasteiger partial charge in [-0.3, -0.25) is 4.79 Å². The van der Waals surface area contributed by atoms with E-state index >= 15 is 0 Å². The molecule has 1 fully saturated rings. The lowest BCUT2D eigenvalue weighted by Crippen LogP contribution is -2.35. The largest absolute Gasteiger partial charge is 0.322 e. The smallest absolute Gasteiger partial charge is 0.255 e. The van der Waals surface area contributed by atoms with E-state index in [1.54, 1.807) is 26.0 Å². The van der Waals surface area contributed by atoms with E-state index in [9.17, 15) is 17.6 Å². The van der Waals surface area contributed by atoms with Crippen molar-refractivity contribution in [1.29, 1.82) is 0 Å². The molecule has 2 aromatic carbocycles. The van der Waals surface area contributed by atoms with Gasteiger partial charge in [0, 0.05) is 24.3 Å². The molecule has 1 aliphatic rings. The minimum atomic E-state index is -3.63. The van der Waals surface area contributed by atoms with Crippen LogP contribution in [-0.4, -0.2) is 31.7 Å². The van der Waals surface area contributed by atoms with Crippen LogP contribution in [0.5, 0.6) is 0 Å². The predicted octanol–water partition coefficient (Wildman–Crippen LogP) is 3.87. The molecule has 1 saturated heterocycles. The number of nitrogens with zero attached hydrogens (tertiary/aromatic N) is 1. The van der Waals surface area contributed by atoms with Gasteiger partial charge in [-0.25, -0.2) is 12.8 Å². The van der Waals surface area contributed by atoms with Gasteiger partial charge in [-0.1, -0.05) is 18.6 Å². The Bertz CT molecular complexity index is 967. The van der Waals surface area contributed by atoms with E-state index in [2.05, 4.69) is 5.32 Å². The number of anilines is 1. The molecule has 0 bridgehead atoms. The van der Waals surface area contributed by atoms with Crippen molar-refractivity contribution in [1.82, 2.24) is 4.31 Å². The third-order valence-electron chi connectivity index (χ3n) is 4.85. The summed E-state index contributed by atoms with van der Waals surface area (Å²) in [5, 5.41) is 2.68. The lowest BCUT2D eigenvalue weighted by atomic mass is 10.1. The Balaban J connectivity index is 1.91. The fraction of sp³-hybridized carbons (Fsp3) is 0.350. The van der Waals surface area contributed by atoms with Crippen LogP contribution in [0.1, 0.15) is 40.7 Å². The predicted molar refractivity (Wildman–Crippen MR) is 103 cm³/mol. The number of piperidine rings is 1. The van der Waals surface area contributed by atoms with Crippen LogP contribution in [0.15, 0.2) is 41.3 Å². The van der Waals surface area contributed by atoms with Crippen molar-refractivity contribution >= 4 is 21.6 Å². The molecule has 3 rings (SSSR count). The fourth-order valence-corrected chi connectivity index (χ4v) is 4.72. The molecule has 0 atom stereocenters. The molecule has 1 heterocycles. The van der Waals surface area contributed by atoms with Crippen LogP contribution in [0.25, 0.3) is 0 Å². The van der Waals surface area contributed by atoms with Crippen molar-refractivity contribution in [3.05, 3.63) is 58.9 Å². The number of hydrogen-bond acceptors (Lipinski definition) is 3. The van der Waals surface area contributed by atoms with Crippen molar-refractivity contribution in [2.24, 2.45) is 0 Å². The van der Waals surface area contributed by atoms with Gasteiger partial charge < -0.3 is 5.32 Å². The minimum absolute atomic E-state index is 0.108. The van der Waals surface area contributed by atoms with Crippen molar-refractivity contribution in [3.8, 4) is 0 Å². The van der Waals surface area contributed by atoms with Gasteiger partial charge >= 0.3 is 0 Å². The van der Waals surface area contributed by atoms with Gasteiger partial charge in [0.25, 0.3) is 5.91 Å². The van der Waals surface area contributed by atoms with Gasteiger partial charge in [0.05, 0.1) is 4.90 Å². The molecule has 0 spiro atoms. The summed E-state index contributed by atoms with van der Waals surface area (Å²) in [4.78, 5) is 12.8. The van der Waals surface area contributed by atoms with Crippen LogP contribution in [0.4, 0.5) is 10.1 Å². The number of benzene rings is 2. The normalized spacial score (nSPS) is 15.5. The van der Waals surface area contributed by atoms with E-state index in [1.807, 2.05) is 0 Å². The fourth-order valence-electron chi connectivity index (χ4n) is 3.18. The highest BCUT2D eigenvalue weighted by Crippen LogP contribution is 2.24. The Morgan fingerprint density at radius 1 is 1.00 bits per heavy atom. The molecule has 1 amide bonds. The van der Waals surface area contributed by atoms with E-state index < -0.39 is 21.7 Å². The molecule has 1 aliphatic heterocycles. The molecular weight excluding hydrogens is 367 g/mol. The zero-order chi connectivity index (χ0) is 19.6. The quantitative estimate of drug-likeness (QED) is 0.862. The maximum absolute atomic E-state index is 13.5. The highest BCUT2D eigenvalue weighted by atomic mass is 32.2. The summed E-state index contributed by atoms with van der Waals surface area (Å²) in [6, 6.07) is 8.71. The standard InChI is InChI=1S/C20H23FN2O3S/c1-14-7-9-17(27(25,26)23-10-4-3-5-11-23)13-18(14)20(24)22-19-12-16(21)8-6-15(19)2/h6-9,12-13H,3-5,10-11H2,1-2H3,(H,22,24). The maximum Gasteiger partial charge on any atom is 0.255 e. The summed E-state index contributed by atoms with van der Waals surface area (Å²) in [6.07, 6.45) is 2.72. The van der Waals surface area contributed by atoms with Crippen LogP contribution < -0.4 is 5.32 Å². The SMILES string of the molecule is Cc1ccc(F)cc1NC(=O)c1cc(S(=O)(=O)N2CCCCC2)ccc1C. The van der Waals surface area contributed by atoms with Crippen molar-refractivity contribution in [2.45, 2.75) is 38.0 Å². The van der Waals surface area contributed by atoms with E-state index in [-0.39, 0.29) is 10.5 Å². The van der Waals surface area contributed by atoms with E-state index in [4.69, 9.17) is 0 Å². The number of hydrogen-bond donors (Lipinski definition) is 1. The molecule has 0 aliphatic carbocycles. The molecule has 7 heteroatoms. The van der Waals surface area contributed by atoms with Crippen LogP contribution in [0, 0.1) is 19.7 Å². The average molecular weight is 390 g/mol. The number of rotatable bonds is 4. The summed E-state index contributed by atoms with van der Waals surface area (Å²) in [6.45, 7) is 4.50. The number of aryl methyl sites for hydroxylation is 2. The Hall–Kier alpha value is -2.25. The third-order valence-corrected chi connectivity index (χ3v) is 6.75. The first-order valence-corrected chi connectivity index (χ1v) is 10.4. The summed E-state index contributed by atoms with van der Waals surface area (Å²) >= 11 is 0. The highest BCUT2D eigenvalue weighted by molar-refractivity contribution is 7.89. The molecular formula is C20H23FN2O3S. The van der Waals surface area contributed by atoms with Gasteiger partial charge in [-0.15, -0.1) is 0 Å². The second-order valence-corrected chi connectivity index (χ2v) is 8.79. The van der Waals surface area contributed by atoms with Crippen LogP contribution in [0.3, 0.4) is 0 Å². The molecule has 0 radical (unpaired) electrons. The molecule has 0 aromatic heterocycles. The maximum atomic E-state index is 13.5. The first-order chi connectivity index (χ1) is 12.8. The van der Waals surface area contributed by atoms with Crippen molar-refractivity contribution in [2.75, 3.05) is 18.4 Å². The second-order valence-electron chi connectivity index (χ2n) is 6.85. The van der Waals surface area contributed by atoms with Crippen LogP contribution in [0.2, 0.25) is 0 Å². The number of amides is 1. The summed E-state index contributed by atoms with van der Waals surface area (Å²) in [7, 11) is -3.63. The van der Waals surface area contributed by atoms with Gasteiger partial charge in [-0.05, 0) is 62.1 Å². The summed E-state index contributed by atoms with van der Waals surface area (Å²) in [5.74, 6) is -0.911. The van der Waals surface area contributed by atoms with E-state index in [0.717, 1.165) is 24.8 Å². The lowest BCUT2D eigenvalue weighted by Gasteiger charge is -2.26. The number of carbonyl (C=O) groups excluding carboxylic acids is 1. The Morgan fingerprint density at radius 3 is 2.37 bits per heavy atom. The van der Waals surface area contributed by atoms with Crippen LogP contribution >= 0.6 is 0 Å². The van der Waals surface area contributed by atoms with Crippen molar-refractivity contribution < 1.29 is 17.6 Å². The van der Waals surface area contributed by atoms with Crippen LogP contribution in [-0.2, 0) is 10.0 Å². The zero-order valence-electron chi connectivity index (χ0n) is 15.5. The zero-order valence-corrected chi connectivity index (χ0v) is 16.3. The number of sulfonamides is 1. The molecule has 5 nitrogen and oxygen atoms in total. The van der Waals surface area contributed by atoms with Gasteiger partial charge in [-0.2, -0.15) is 4.31 Å². The van der Waals surface area contributed by atoms with Crippen molar-refractivity contribution in [3.63, 3.8) is 0 Å². The Labute approximate surface area is 159 Å². The number of halogens is 1. The molecule has 1 N–H and O–H groups in total. The number of carbonyl (C=O) groups is 1. The molecule has 2 aromatic rings. The lowest BCUT2D eigenvalue weighted by molar-refractivity contribution is 0.102. The number of nitrogens with one attached hydrogen (secondary N) is 1. The second kappa shape index (κ2) is 7.78. The first-order valence-electron chi connectivity index (χ1n) is 8.97. The van der Waals surface area contributed by atoms with Gasteiger partial charge in [0.1, 0.15) is 5.82 Å². The topological polar surface area (TPSA) is 66.5 Å². The molecule has 27 heavy (non-hydrogen) atoms. The summed E-state index contributed by atoms with van der Waals surface area (Å²) < 4.78 is 40.7. The first kappa shape index (κ1) is 19.5. The van der Waals surface area contributed by atoms with E-state index in [0.29, 0.717) is 24.3 Å². The van der Waals surface area contributed by atoms with Gasteiger partial charge in [0.15, 0.2) is 0 Å². The van der Waals surface area contributed by atoms with E-state index in [1.165, 1.54) is 28.6 Å². The Morgan fingerprint density at radius 2 is 1.67 bits per heavy atom. The molecule has 0 unspecified atom stereocenters. The minimum Gasteiger partial charge on any atom is -0.322 e. The van der Waals surface area contributed by atoms with Gasteiger partial charge in [0.2, 0.25) is 10.0 Å².